The van der Waals surface area contributed by atoms with Crippen molar-refractivity contribution in [3.05, 3.63) is 34.9 Å². The van der Waals surface area contributed by atoms with Crippen molar-refractivity contribution in [1.82, 2.24) is 5.32 Å². The number of aliphatic hydroxyl groups excluding tert-OH is 2. The van der Waals surface area contributed by atoms with Gasteiger partial charge in [-0.05, 0) is 6.07 Å². The molecule has 0 aliphatic heterocycles. The number of hydrogen-bond acceptors (Lipinski definition) is 4. The zero-order chi connectivity index (χ0) is 12.7. The Hall–Kier alpha value is -0.650. The maximum atomic E-state index is 9.94. The summed E-state index contributed by atoms with van der Waals surface area (Å²) >= 11 is 5.97. The standard InChI is InChI=1S/C12H18ClNO3/c1-17-8-9(7-15)14-6-12(16)10-4-2-3-5-11(10)13/h2-5,9,12,14-16H,6-8H2,1H3. The minimum atomic E-state index is -0.699. The van der Waals surface area contributed by atoms with Gasteiger partial charge in [0.25, 0.3) is 0 Å². The van der Waals surface area contributed by atoms with E-state index in [0.29, 0.717) is 23.7 Å². The van der Waals surface area contributed by atoms with Crippen molar-refractivity contribution in [2.75, 3.05) is 26.9 Å². The van der Waals surface area contributed by atoms with Crippen LogP contribution in [0.4, 0.5) is 0 Å². The average molecular weight is 260 g/mol. The second-order valence-corrected chi connectivity index (χ2v) is 4.19. The van der Waals surface area contributed by atoms with Crippen LogP contribution in [0.2, 0.25) is 5.02 Å². The summed E-state index contributed by atoms with van der Waals surface area (Å²) in [5.41, 5.74) is 0.677. The number of methoxy groups -OCH3 is 1. The Morgan fingerprint density at radius 1 is 1.41 bits per heavy atom. The molecule has 0 bridgehead atoms. The van der Waals surface area contributed by atoms with Crippen molar-refractivity contribution in [3.8, 4) is 0 Å². The Morgan fingerprint density at radius 3 is 2.71 bits per heavy atom. The number of benzene rings is 1. The predicted octanol–water partition coefficient (Wildman–Crippen LogP) is 0.970. The lowest BCUT2D eigenvalue weighted by Crippen LogP contribution is -2.38. The molecule has 17 heavy (non-hydrogen) atoms. The molecular formula is C12H18ClNO3. The van der Waals surface area contributed by atoms with E-state index in [1.165, 1.54) is 0 Å². The number of nitrogens with one attached hydrogen (secondary N) is 1. The highest BCUT2D eigenvalue weighted by molar-refractivity contribution is 6.31. The van der Waals surface area contributed by atoms with Gasteiger partial charge < -0.3 is 20.3 Å². The summed E-state index contributed by atoms with van der Waals surface area (Å²) in [6.45, 7) is 0.674. The third-order valence-electron chi connectivity index (χ3n) is 2.45. The summed E-state index contributed by atoms with van der Waals surface area (Å²) in [6.07, 6.45) is -0.699. The van der Waals surface area contributed by atoms with E-state index in [0.717, 1.165) is 0 Å². The van der Waals surface area contributed by atoms with Crippen LogP contribution in [0.25, 0.3) is 0 Å². The molecule has 3 N–H and O–H groups in total. The maximum absolute atomic E-state index is 9.94. The number of halogens is 1. The molecule has 1 aromatic rings. The molecule has 96 valence electrons. The summed E-state index contributed by atoms with van der Waals surface area (Å²) in [4.78, 5) is 0. The van der Waals surface area contributed by atoms with Crippen LogP contribution in [0.5, 0.6) is 0 Å². The van der Waals surface area contributed by atoms with Gasteiger partial charge in [0, 0.05) is 24.2 Å². The van der Waals surface area contributed by atoms with E-state index in [-0.39, 0.29) is 12.6 Å². The highest BCUT2D eigenvalue weighted by atomic mass is 35.5. The van der Waals surface area contributed by atoms with Crippen LogP contribution in [-0.2, 0) is 4.74 Å². The average Bonchev–Trinajstić information content (AvgIpc) is 2.34. The van der Waals surface area contributed by atoms with Crippen LogP contribution in [0, 0.1) is 0 Å². The van der Waals surface area contributed by atoms with Crippen molar-refractivity contribution in [2.24, 2.45) is 0 Å². The molecule has 0 saturated heterocycles. The minimum Gasteiger partial charge on any atom is -0.395 e. The first-order valence-corrected chi connectivity index (χ1v) is 5.82. The first kappa shape index (κ1) is 14.4. The van der Waals surface area contributed by atoms with Gasteiger partial charge in [-0.15, -0.1) is 0 Å². The molecule has 0 spiro atoms. The topological polar surface area (TPSA) is 61.7 Å². The summed E-state index contributed by atoms with van der Waals surface area (Å²) < 4.78 is 4.93. The zero-order valence-corrected chi connectivity index (χ0v) is 10.5. The van der Waals surface area contributed by atoms with E-state index >= 15 is 0 Å². The van der Waals surface area contributed by atoms with Crippen LogP contribution in [0.15, 0.2) is 24.3 Å². The van der Waals surface area contributed by atoms with Crippen molar-refractivity contribution in [1.29, 1.82) is 0 Å². The number of aliphatic hydroxyl groups is 2. The van der Waals surface area contributed by atoms with Crippen LogP contribution in [-0.4, -0.2) is 43.1 Å². The molecule has 0 aliphatic rings. The molecule has 0 fully saturated rings. The van der Waals surface area contributed by atoms with E-state index in [2.05, 4.69) is 5.32 Å². The third-order valence-corrected chi connectivity index (χ3v) is 2.80. The summed E-state index contributed by atoms with van der Waals surface area (Å²) in [6, 6.07) is 6.96. The first-order valence-electron chi connectivity index (χ1n) is 5.44. The van der Waals surface area contributed by atoms with E-state index in [1.807, 2.05) is 12.1 Å². The Kier molecular flexibility index (Phi) is 6.47. The molecule has 0 radical (unpaired) electrons. The summed E-state index contributed by atoms with van der Waals surface area (Å²) in [5.74, 6) is 0. The largest absolute Gasteiger partial charge is 0.395 e. The lowest BCUT2D eigenvalue weighted by Gasteiger charge is -2.19. The quantitative estimate of drug-likeness (QED) is 0.683. The van der Waals surface area contributed by atoms with Crippen LogP contribution in [0.3, 0.4) is 0 Å². The Labute approximate surface area is 106 Å². The normalized spacial score (nSPS) is 14.6. The number of hydrogen-bond donors (Lipinski definition) is 3. The lowest BCUT2D eigenvalue weighted by molar-refractivity contribution is 0.111. The van der Waals surface area contributed by atoms with Gasteiger partial charge in [0.15, 0.2) is 0 Å². The van der Waals surface area contributed by atoms with Crippen molar-refractivity contribution >= 4 is 11.6 Å². The molecule has 0 amide bonds. The molecule has 1 rings (SSSR count). The fourth-order valence-electron chi connectivity index (χ4n) is 1.51. The van der Waals surface area contributed by atoms with Gasteiger partial charge in [-0.2, -0.15) is 0 Å². The van der Waals surface area contributed by atoms with Gasteiger partial charge in [0.2, 0.25) is 0 Å². The van der Waals surface area contributed by atoms with Crippen LogP contribution in [0.1, 0.15) is 11.7 Å². The molecule has 0 aromatic heterocycles. The number of rotatable bonds is 7. The summed E-state index contributed by atoms with van der Waals surface area (Å²) in [5, 5.41) is 22.5. The summed E-state index contributed by atoms with van der Waals surface area (Å²) in [7, 11) is 1.56. The van der Waals surface area contributed by atoms with Gasteiger partial charge in [-0.1, -0.05) is 29.8 Å². The van der Waals surface area contributed by atoms with Crippen LogP contribution < -0.4 is 5.32 Å². The molecule has 2 atom stereocenters. The van der Waals surface area contributed by atoms with E-state index < -0.39 is 6.10 Å². The van der Waals surface area contributed by atoms with Crippen molar-refractivity contribution in [2.45, 2.75) is 12.1 Å². The molecule has 0 aliphatic carbocycles. The van der Waals surface area contributed by atoms with E-state index in [4.69, 9.17) is 21.4 Å². The molecule has 2 unspecified atom stereocenters. The van der Waals surface area contributed by atoms with Gasteiger partial charge >= 0.3 is 0 Å². The SMILES string of the molecule is COCC(CO)NCC(O)c1ccccc1Cl. The van der Waals surface area contributed by atoms with Gasteiger partial charge in [-0.3, -0.25) is 0 Å². The zero-order valence-electron chi connectivity index (χ0n) is 9.77. The monoisotopic (exact) mass is 259 g/mol. The fourth-order valence-corrected chi connectivity index (χ4v) is 1.77. The second kappa shape index (κ2) is 7.63. The fraction of sp³-hybridized carbons (Fsp3) is 0.500. The molecule has 1 aromatic carbocycles. The first-order chi connectivity index (χ1) is 8.19. The van der Waals surface area contributed by atoms with Gasteiger partial charge in [0.1, 0.15) is 0 Å². The molecular weight excluding hydrogens is 242 g/mol. The third kappa shape index (κ3) is 4.61. The van der Waals surface area contributed by atoms with E-state index in [1.54, 1.807) is 19.2 Å². The smallest absolute Gasteiger partial charge is 0.0928 e. The Morgan fingerprint density at radius 2 is 2.12 bits per heavy atom. The second-order valence-electron chi connectivity index (χ2n) is 3.78. The maximum Gasteiger partial charge on any atom is 0.0928 e. The van der Waals surface area contributed by atoms with E-state index in [9.17, 15) is 5.11 Å². The van der Waals surface area contributed by atoms with Gasteiger partial charge in [0.05, 0.1) is 25.4 Å². The number of ether oxygens (including phenoxy) is 1. The molecule has 0 saturated carbocycles. The molecule has 5 heteroatoms. The Balaban J connectivity index is 2.49. The minimum absolute atomic E-state index is 0.0386. The van der Waals surface area contributed by atoms with Crippen molar-refractivity contribution < 1.29 is 14.9 Å². The Bertz CT molecular complexity index is 335. The van der Waals surface area contributed by atoms with Gasteiger partial charge in [-0.25, -0.2) is 0 Å². The van der Waals surface area contributed by atoms with Crippen molar-refractivity contribution in [3.63, 3.8) is 0 Å². The highest BCUT2D eigenvalue weighted by Crippen LogP contribution is 2.21. The lowest BCUT2D eigenvalue weighted by atomic mass is 10.1. The molecule has 0 heterocycles. The molecule has 4 nitrogen and oxygen atoms in total. The highest BCUT2D eigenvalue weighted by Gasteiger charge is 2.13. The van der Waals surface area contributed by atoms with Crippen LogP contribution >= 0.6 is 11.6 Å². The predicted molar refractivity (Wildman–Crippen MR) is 67.2 cm³/mol.